The van der Waals surface area contributed by atoms with Crippen LogP contribution in [0.5, 0.6) is 0 Å². The van der Waals surface area contributed by atoms with E-state index in [9.17, 15) is 4.79 Å². The van der Waals surface area contributed by atoms with E-state index in [-0.39, 0.29) is 5.69 Å². The largest absolute Gasteiger partial charge is 0.328 e. The Morgan fingerprint density at radius 1 is 0.885 bits per heavy atom. The first-order valence-electron chi connectivity index (χ1n) is 9.58. The molecular formula is C22H36N2OS. The first-order valence-corrected chi connectivity index (χ1v) is 9.99. The SMILES string of the molecule is CCCC.CCCCc1ccccc1.Cc1c(C)n(C)c(=O)n(C)c1=S. The summed E-state index contributed by atoms with van der Waals surface area (Å²) >= 11 is 5.08. The van der Waals surface area contributed by atoms with Gasteiger partial charge in [-0.15, -0.1) is 0 Å². The number of aryl methyl sites for hydroxylation is 1. The van der Waals surface area contributed by atoms with Gasteiger partial charge in [0.15, 0.2) is 0 Å². The summed E-state index contributed by atoms with van der Waals surface area (Å²) < 4.78 is 3.71. The number of unbranched alkanes of at least 4 members (excludes halogenated alkanes) is 2. The second-order valence-corrected chi connectivity index (χ2v) is 6.89. The Morgan fingerprint density at radius 3 is 1.88 bits per heavy atom. The Balaban J connectivity index is 0.000000405. The summed E-state index contributed by atoms with van der Waals surface area (Å²) in [5.41, 5.74) is 3.32. The topological polar surface area (TPSA) is 26.9 Å². The van der Waals surface area contributed by atoms with Gasteiger partial charge in [-0.2, -0.15) is 0 Å². The Kier molecular flexibility index (Phi) is 12.6. The highest BCUT2D eigenvalue weighted by Gasteiger charge is 2.03. The van der Waals surface area contributed by atoms with Gasteiger partial charge in [0.2, 0.25) is 0 Å². The highest BCUT2D eigenvalue weighted by atomic mass is 32.1. The molecule has 1 aromatic heterocycles. The van der Waals surface area contributed by atoms with Gasteiger partial charge in [0.1, 0.15) is 4.64 Å². The van der Waals surface area contributed by atoms with Crippen molar-refractivity contribution in [1.82, 2.24) is 9.13 Å². The zero-order chi connectivity index (χ0) is 20.1. The molecule has 0 bridgehead atoms. The molecule has 1 heterocycles. The maximum absolute atomic E-state index is 11.4. The van der Waals surface area contributed by atoms with Crippen LogP contribution in [0.4, 0.5) is 0 Å². The van der Waals surface area contributed by atoms with Crippen LogP contribution < -0.4 is 5.69 Å². The minimum Gasteiger partial charge on any atom is -0.301 e. The summed E-state index contributed by atoms with van der Waals surface area (Å²) in [6.07, 6.45) is 6.47. The van der Waals surface area contributed by atoms with E-state index in [2.05, 4.69) is 51.1 Å². The van der Waals surface area contributed by atoms with Crippen molar-refractivity contribution in [3.05, 3.63) is 62.3 Å². The molecule has 1 aromatic carbocycles. The van der Waals surface area contributed by atoms with Gasteiger partial charge in [0.25, 0.3) is 0 Å². The minimum atomic E-state index is -0.0666. The summed E-state index contributed by atoms with van der Waals surface area (Å²) in [4.78, 5) is 11.4. The molecule has 0 saturated carbocycles. The molecule has 0 atom stereocenters. The summed E-state index contributed by atoms with van der Waals surface area (Å²) in [6, 6.07) is 10.6. The Bertz CT molecular complexity index is 706. The smallest absolute Gasteiger partial charge is 0.301 e. The van der Waals surface area contributed by atoms with E-state index in [1.807, 2.05) is 13.8 Å². The van der Waals surface area contributed by atoms with Gasteiger partial charge in [-0.05, 0) is 32.3 Å². The van der Waals surface area contributed by atoms with E-state index >= 15 is 0 Å². The molecule has 2 aromatic rings. The van der Waals surface area contributed by atoms with Crippen molar-refractivity contribution in [2.45, 2.75) is 66.7 Å². The summed E-state index contributed by atoms with van der Waals surface area (Å²) in [5.74, 6) is 0. The zero-order valence-corrected chi connectivity index (χ0v) is 18.4. The van der Waals surface area contributed by atoms with Crippen molar-refractivity contribution >= 4 is 12.2 Å². The second kappa shape index (κ2) is 13.5. The maximum Gasteiger partial charge on any atom is 0.328 e. The minimum absolute atomic E-state index is 0.0666. The van der Waals surface area contributed by atoms with E-state index in [1.165, 1.54) is 42.2 Å². The fourth-order valence-corrected chi connectivity index (χ4v) is 2.36. The zero-order valence-electron chi connectivity index (χ0n) is 17.6. The number of rotatable bonds is 4. The third-order valence-corrected chi connectivity index (χ3v) is 4.99. The number of benzene rings is 1. The first-order chi connectivity index (χ1) is 12.3. The fourth-order valence-electron chi connectivity index (χ4n) is 2.14. The number of nitrogens with zero attached hydrogens (tertiary/aromatic N) is 2. The van der Waals surface area contributed by atoms with E-state index in [1.54, 1.807) is 18.7 Å². The van der Waals surface area contributed by atoms with Crippen LogP contribution in [0, 0.1) is 18.5 Å². The molecule has 3 nitrogen and oxygen atoms in total. The third-order valence-electron chi connectivity index (χ3n) is 4.41. The number of hydrogen-bond donors (Lipinski definition) is 0. The van der Waals surface area contributed by atoms with Gasteiger partial charge in [0.05, 0.1) is 0 Å². The Hall–Kier alpha value is -1.68. The molecule has 0 aliphatic heterocycles. The maximum atomic E-state index is 11.4. The summed E-state index contributed by atoms with van der Waals surface area (Å²) in [7, 11) is 3.44. The van der Waals surface area contributed by atoms with Gasteiger partial charge in [0, 0.05) is 25.4 Å². The Morgan fingerprint density at radius 2 is 1.42 bits per heavy atom. The normalized spacial score (nSPS) is 9.65. The predicted octanol–water partition coefficient (Wildman–Crippen LogP) is 5.91. The van der Waals surface area contributed by atoms with Gasteiger partial charge < -0.3 is 4.57 Å². The standard InChI is InChI=1S/C10H14.C8H12N2OS.C4H10/c1-2-3-7-10-8-5-4-6-9-10;1-5-6(2)9(3)8(11)10(4)7(5)12;1-3-4-2/h4-6,8-9H,2-3,7H2,1H3;1-4H3;3-4H2,1-2H3. The van der Waals surface area contributed by atoms with Crippen LogP contribution in [0.15, 0.2) is 35.1 Å². The molecule has 0 aliphatic rings. The van der Waals surface area contributed by atoms with Crippen LogP contribution in [-0.4, -0.2) is 9.13 Å². The van der Waals surface area contributed by atoms with E-state index < -0.39 is 0 Å². The van der Waals surface area contributed by atoms with E-state index in [4.69, 9.17) is 12.2 Å². The third kappa shape index (κ3) is 8.13. The molecule has 0 aliphatic carbocycles. The molecule has 0 amide bonds. The first kappa shape index (κ1) is 24.3. The lowest BCUT2D eigenvalue weighted by molar-refractivity contribution is 0.670. The highest BCUT2D eigenvalue weighted by molar-refractivity contribution is 7.71. The molecule has 0 saturated heterocycles. The molecule has 0 unspecified atom stereocenters. The monoisotopic (exact) mass is 376 g/mol. The lowest BCUT2D eigenvalue weighted by Gasteiger charge is -2.09. The average molecular weight is 377 g/mol. The molecule has 146 valence electrons. The fraction of sp³-hybridized carbons (Fsp3) is 0.545. The molecule has 2 rings (SSSR count). The van der Waals surface area contributed by atoms with Crippen LogP contribution >= 0.6 is 12.2 Å². The van der Waals surface area contributed by atoms with Crippen molar-refractivity contribution in [1.29, 1.82) is 0 Å². The van der Waals surface area contributed by atoms with Crippen molar-refractivity contribution in [3.8, 4) is 0 Å². The average Bonchev–Trinajstić information content (AvgIpc) is 2.69. The molecule has 0 radical (unpaired) electrons. The van der Waals surface area contributed by atoms with Crippen LogP contribution in [0.25, 0.3) is 0 Å². The lowest BCUT2D eigenvalue weighted by Crippen LogP contribution is -2.29. The molecular weight excluding hydrogens is 340 g/mol. The quantitative estimate of drug-likeness (QED) is 0.621. The molecule has 0 N–H and O–H groups in total. The predicted molar refractivity (Wildman–Crippen MR) is 117 cm³/mol. The second-order valence-electron chi connectivity index (χ2n) is 6.51. The lowest BCUT2D eigenvalue weighted by atomic mass is 10.1. The number of aromatic nitrogens is 2. The van der Waals surface area contributed by atoms with E-state index in [0.717, 1.165) is 11.3 Å². The van der Waals surface area contributed by atoms with Crippen molar-refractivity contribution in [2.75, 3.05) is 0 Å². The molecule has 0 fully saturated rings. The van der Waals surface area contributed by atoms with Crippen LogP contribution in [0.1, 0.15) is 63.3 Å². The van der Waals surface area contributed by atoms with Crippen molar-refractivity contribution < 1.29 is 0 Å². The van der Waals surface area contributed by atoms with Gasteiger partial charge >= 0.3 is 5.69 Å². The highest BCUT2D eigenvalue weighted by Crippen LogP contribution is 2.04. The van der Waals surface area contributed by atoms with Crippen molar-refractivity contribution in [3.63, 3.8) is 0 Å². The van der Waals surface area contributed by atoms with Crippen LogP contribution in [0.2, 0.25) is 0 Å². The molecule has 0 spiro atoms. The van der Waals surface area contributed by atoms with Gasteiger partial charge in [-0.1, -0.05) is 82.6 Å². The molecule has 4 heteroatoms. The summed E-state index contributed by atoms with van der Waals surface area (Å²) in [5, 5.41) is 0. The Labute approximate surface area is 164 Å². The van der Waals surface area contributed by atoms with E-state index in [0.29, 0.717) is 4.64 Å². The van der Waals surface area contributed by atoms with Gasteiger partial charge in [-0.25, -0.2) is 4.79 Å². The molecule has 26 heavy (non-hydrogen) atoms. The summed E-state index contributed by atoms with van der Waals surface area (Å²) in [6.45, 7) is 10.4. The van der Waals surface area contributed by atoms with Crippen LogP contribution in [0.3, 0.4) is 0 Å². The number of hydrogen-bond acceptors (Lipinski definition) is 2. The van der Waals surface area contributed by atoms with Gasteiger partial charge in [-0.3, -0.25) is 4.57 Å². The van der Waals surface area contributed by atoms with Crippen molar-refractivity contribution in [2.24, 2.45) is 14.1 Å². The van der Waals surface area contributed by atoms with Crippen LogP contribution in [-0.2, 0) is 20.5 Å².